The van der Waals surface area contributed by atoms with E-state index in [1.54, 1.807) is 50.9 Å². The highest BCUT2D eigenvalue weighted by Gasteiger charge is 2.36. The fraction of sp³-hybridized carbons (Fsp3) is 0.538. The lowest BCUT2D eigenvalue weighted by Gasteiger charge is -2.32. The van der Waals surface area contributed by atoms with Gasteiger partial charge in [-0.2, -0.15) is 13.7 Å². The van der Waals surface area contributed by atoms with Crippen molar-refractivity contribution in [3.8, 4) is 0 Å². The minimum absolute atomic E-state index is 0. The minimum atomic E-state index is -0.885. The molecule has 0 N–H and O–H groups in total. The van der Waals surface area contributed by atoms with Crippen LogP contribution in [0.4, 0.5) is 0 Å². The Kier molecular flexibility index (Phi) is 28.3. The van der Waals surface area contributed by atoms with Gasteiger partial charge in [-0.05, 0) is 6.42 Å². The summed E-state index contributed by atoms with van der Waals surface area (Å²) in [7, 11) is 0. The number of hydrogen-bond acceptors (Lipinski definition) is 6. The Morgan fingerprint density at radius 2 is 0.706 bits per heavy atom. The van der Waals surface area contributed by atoms with E-state index in [-0.39, 0.29) is 90.4 Å². The number of hydrogen-bond donors (Lipinski definition) is 0. The van der Waals surface area contributed by atoms with Crippen LogP contribution in [0.3, 0.4) is 0 Å². The van der Waals surface area contributed by atoms with Crippen molar-refractivity contribution in [1.82, 2.24) is 0 Å². The van der Waals surface area contributed by atoms with Crippen LogP contribution in [0.1, 0.15) is 90.4 Å². The van der Waals surface area contributed by atoms with E-state index in [1.807, 2.05) is 54.6 Å². The number of rotatable bonds is 25. The van der Waals surface area contributed by atoms with E-state index in [2.05, 4.69) is 6.92 Å². The van der Waals surface area contributed by atoms with Crippen molar-refractivity contribution in [3.63, 3.8) is 0 Å². The smallest absolute Gasteiger partial charge is 0.372 e. The number of pyridine rings is 3. The average molecular weight is 903 g/mol. The molecule has 284 valence electrons. The molecule has 0 atom stereocenters. The number of esters is 3. The molecule has 0 amide bonds. The molecule has 9 nitrogen and oxygen atoms in total. The van der Waals surface area contributed by atoms with Crippen molar-refractivity contribution < 1.29 is 93.2 Å². The summed E-state index contributed by atoms with van der Waals surface area (Å²) in [6.07, 6.45) is 25.9. The number of carbonyl (C=O) groups is 3. The second-order valence-corrected chi connectivity index (χ2v) is 12.8. The quantitative estimate of drug-likeness (QED) is 0.0383. The number of aromatic nitrogens is 3. The average Bonchev–Trinajstić information content (AvgIpc) is 3.10. The maximum atomic E-state index is 12.9. The predicted molar refractivity (Wildman–Crippen MR) is 181 cm³/mol. The molecule has 0 aromatic carbocycles. The third-order valence-electron chi connectivity index (χ3n) is 8.45. The molecular weight excluding hydrogens is 846 g/mol. The molecule has 0 aliphatic carbocycles. The van der Waals surface area contributed by atoms with Crippen LogP contribution < -0.4 is 64.6 Å². The largest absolute Gasteiger partial charge is 1.00 e. The number of nitrogens with zero attached hydrogens (tertiary/aromatic N) is 3. The number of carbonyl (C=O) groups excluding carboxylic acids is 3. The fourth-order valence-corrected chi connectivity index (χ4v) is 5.59. The predicted octanol–water partition coefficient (Wildman–Crippen LogP) is -3.33. The summed E-state index contributed by atoms with van der Waals surface area (Å²) in [5, 5.41) is 0. The third-order valence-corrected chi connectivity index (χ3v) is 8.45. The van der Waals surface area contributed by atoms with Gasteiger partial charge in [0, 0.05) is 36.4 Å². The Bertz CT molecular complexity index is 1180. The van der Waals surface area contributed by atoms with Crippen molar-refractivity contribution >= 4 is 17.9 Å². The van der Waals surface area contributed by atoms with E-state index in [4.69, 9.17) is 14.2 Å². The van der Waals surface area contributed by atoms with Gasteiger partial charge in [-0.1, -0.05) is 102 Å². The normalized spacial score (nSPS) is 10.5. The summed E-state index contributed by atoms with van der Waals surface area (Å²) in [4.78, 5) is 38.8. The van der Waals surface area contributed by atoms with Gasteiger partial charge in [-0.15, -0.1) is 0 Å². The van der Waals surface area contributed by atoms with E-state index in [9.17, 15) is 14.4 Å². The second kappa shape index (κ2) is 29.8. The van der Waals surface area contributed by atoms with Gasteiger partial charge in [-0.25, -0.2) is 14.4 Å². The van der Waals surface area contributed by atoms with Crippen molar-refractivity contribution in [2.24, 2.45) is 5.41 Å². The van der Waals surface area contributed by atoms with Crippen molar-refractivity contribution in [1.29, 1.82) is 0 Å². The Balaban J connectivity index is 0.00000833. The van der Waals surface area contributed by atoms with Gasteiger partial charge in [0.25, 0.3) is 0 Å². The molecule has 0 aliphatic rings. The number of ether oxygens (including phenoxy) is 3. The first kappa shape index (κ1) is 48.3. The molecular formula is C39H56Br3N3O6. The van der Waals surface area contributed by atoms with Crippen LogP contribution in [-0.2, 0) is 48.2 Å². The van der Waals surface area contributed by atoms with Crippen LogP contribution in [0.2, 0.25) is 0 Å². The van der Waals surface area contributed by atoms with Crippen LogP contribution >= 0.6 is 0 Å². The van der Waals surface area contributed by atoms with Gasteiger partial charge in [0.1, 0.15) is 19.8 Å². The molecule has 0 bridgehead atoms. The third kappa shape index (κ3) is 22.1. The first-order chi connectivity index (χ1) is 23.5. The zero-order valence-corrected chi connectivity index (χ0v) is 34.8. The molecule has 0 aliphatic heterocycles. The molecule has 3 rings (SSSR count). The molecule has 3 aromatic rings. The number of halogens is 3. The highest BCUT2D eigenvalue weighted by molar-refractivity contribution is 5.68. The van der Waals surface area contributed by atoms with Crippen LogP contribution in [0.5, 0.6) is 0 Å². The molecule has 51 heavy (non-hydrogen) atoms. The molecule has 0 saturated heterocycles. The monoisotopic (exact) mass is 899 g/mol. The Hall–Kier alpha value is -2.70. The molecule has 0 unspecified atom stereocenters. The van der Waals surface area contributed by atoms with Crippen LogP contribution in [0, 0.1) is 5.41 Å². The minimum Gasteiger partial charge on any atom is -1.00 e. The van der Waals surface area contributed by atoms with Crippen molar-refractivity contribution in [2.75, 3.05) is 19.8 Å². The zero-order valence-electron chi connectivity index (χ0n) is 30.0. The van der Waals surface area contributed by atoms with Crippen LogP contribution in [0.25, 0.3) is 0 Å². The van der Waals surface area contributed by atoms with Crippen LogP contribution in [-0.4, -0.2) is 37.7 Å². The molecule has 3 aromatic heterocycles. The first-order valence-corrected chi connectivity index (χ1v) is 17.8. The van der Waals surface area contributed by atoms with Gasteiger partial charge < -0.3 is 65.2 Å². The lowest BCUT2D eigenvalue weighted by molar-refractivity contribution is -0.686. The summed E-state index contributed by atoms with van der Waals surface area (Å²) in [5.41, 5.74) is -0.885. The topological polar surface area (TPSA) is 90.5 Å². The maximum Gasteiger partial charge on any atom is 0.372 e. The van der Waals surface area contributed by atoms with E-state index < -0.39 is 23.3 Å². The Labute approximate surface area is 336 Å². The standard InChI is InChI=1S/C39H56N3O6.3BrH/c1-2-3-4-5-6-7-8-9-10-11-12-16-23-39(33-46-36(43)30-40-24-17-13-18-25-40,34-47-37(44)31-41-26-19-14-20-27-41)35-48-38(45)32-42-28-21-15-22-29-42;;;/h13-15,17-22,24-29H,2-12,16,23,30-35H2,1H3;3*1H/q+3;;;/p-3. The highest BCUT2D eigenvalue weighted by Crippen LogP contribution is 2.28. The van der Waals surface area contributed by atoms with Gasteiger partial charge in [-0.3, -0.25) is 0 Å². The zero-order chi connectivity index (χ0) is 34.1. The second-order valence-electron chi connectivity index (χ2n) is 12.8. The van der Waals surface area contributed by atoms with Crippen molar-refractivity contribution in [2.45, 2.75) is 110 Å². The SMILES string of the molecule is CCCCCCCCCCCCCCC(COC(=O)C[n+]1ccccc1)(COC(=O)C[n+]1ccccc1)COC(=O)C[n+]1ccccc1.[Br-].[Br-].[Br-]. The summed E-state index contributed by atoms with van der Waals surface area (Å²) in [5.74, 6) is -1.24. The summed E-state index contributed by atoms with van der Waals surface area (Å²) < 4.78 is 22.7. The molecule has 0 fully saturated rings. The van der Waals surface area contributed by atoms with E-state index in [0.29, 0.717) is 6.42 Å². The fourth-order valence-electron chi connectivity index (χ4n) is 5.59. The Morgan fingerprint density at radius 1 is 0.431 bits per heavy atom. The maximum absolute atomic E-state index is 12.9. The summed E-state index contributed by atoms with van der Waals surface area (Å²) >= 11 is 0. The van der Waals surface area contributed by atoms with E-state index in [0.717, 1.165) is 19.3 Å². The molecule has 12 heteroatoms. The summed E-state index contributed by atoms with van der Waals surface area (Å²) in [6, 6.07) is 16.7. The highest BCUT2D eigenvalue weighted by atomic mass is 79.9. The molecule has 0 radical (unpaired) electrons. The molecule has 0 spiro atoms. The van der Waals surface area contributed by atoms with Gasteiger partial charge >= 0.3 is 17.9 Å². The number of unbranched alkanes of at least 4 members (excludes halogenated alkanes) is 11. The van der Waals surface area contributed by atoms with E-state index >= 15 is 0 Å². The molecule has 3 heterocycles. The first-order valence-electron chi connectivity index (χ1n) is 17.8. The van der Waals surface area contributed by atoms with Gasteiger partial charge in [0.15, 0.2) is 37.2 Å². The van der Waals surface area contributed by atoms with Crippen LogP contribution in [0.15, 0.2) is 91.8 Å². The van der Waals surface area contributed by atoms with E-state index in [1.165, 1.54) is 57.8 Å². The lowest BCUT2D eigenvalue weighted by atomic mass is 9.84. The van der Waals surface area contributed by atoms with Crippen molar-refractivity contribution in [3.05, 3.63) is 91.8 Å². The van der Waals surface area contributed by atoms with Gasteiger partial charge in [0.2, 0.25) is 19.6 Å². The van der Waals surface area contributed by atoms with Gasteiger partial charge in [0.05, 0.1) is 5.41 Å². The molecule has 0 saturated carbocycles. The Morgan fingerprint density at radius 3 is 1.00 bits per heavy atom. The lowest BCUT2D eigenvalue weighted by Crippen LogP contribution is -3.00. The summed E-state index contributed by atoms with van der Waals surface area (Å²) in [6.45, 7) is 2.29.